The molecule has 2 aromatic carbocycles. The number of anilines is 1. The first-order chi connectivity index (χ1) is 15.3. The van der Waals surface area contributed by atoms with Gasteiger partial charge in [-0.25, -0.2) is 13.8 Å². The van der Waals surface area contributed by atoms with Crippen LogP contribution in [-0.2, 0) is 14.8 Å². The molecule has 1 amide bonds. The molecular formula is C21H25N3O6S2. The lowest BCUT2D eigenvalue weighted by Gasteiger charge is -2.25. The largest absolute Gasteiger partial charge is 0.497 e. The molecule has 0 aromatic heterocycles. The Bertz CT molecular complexity index is 1090. The highest BCUT2D eigenvalue weighted by Gasteiger charge is 2.24. The van der Waals surface area contributed by atoms with Gasteiger partial charge in [-0.05, 0) is 29.8 Å². The molecule has 1 fully saturated rings. The van der Waals surface area contributed by atoms with Crippen LogP contribution in [0.15, 0.2) is 47.6 Å². The Labute approximate surface area is 191 Å². The van der Waals surface area contributed by atoms with Gasteiger partial charge in [0.15, 0.2) is 0 Å². The molecule has 9 nitrogen and oxygen atoms in total. The third-order valence-corrected chi connectivity index (χ3v) is 6.85. The van der Waals surface area contributed by atoms with Crippen molar-refractivity contribution >= 4 is 39.6 Å². The van der Waals surface area contributed by atoms with Crippen molar-refractivity contribution in [2.24, 2.45) is 5.10 Å². The lowest BCUT2D eigenvalue weighted by molar-refractivity contribution is -0.119. The fourth-order valence-electron chi connectivity index (χ4n) is 2.86. The van der Waals surface area contributed by atoms with Crippen LogP contribution < -0.4 is 23.9 Å². The number of methoxy groups -OCH3 is 2. The second kappa shape index (κ2) is 10.6. The van der Waals surface area contributed by atoms with Crippen LogP contribution in [-0.4, -0.2) is 65.2 Å². The van der Waals surface area contributed by atoms with E-state index in [4.69, 9.17) is 14.2 Å². The molecule has 0 radical (unpaired) electrons. The van der Waals surface area contributed by atoms with E-state index in [1.807, 2.05) is 36.0 Å². The maximum Gasteiger partial charge on any atom is 0.260 e. The molecule has 1 N–H and O–H groups in total. The summed E-state index contributed by atoms with van der Waals surface area (Å²) in [5.74, 6) is 2.78. The van der Waals surface area contributed by atoms with Crippen LogP contribution in [0.1, 0.15) is 5.56 Å². The van der Waals surface area contributed by atoms with Gasteiger partial charge in [0.2, 0.25) is 10.0 Å². The summed E-state index contributed by atoms with van der Waals surface area (Å²) in [6, 6.07) is 12.0. The highest BCUT2D eigenvalue weighted by atomic mass is 32.2. The molecule has 0 atom stereocenters. The van der Waals surface area contributed by atoms with Gasteiger partial charge in [-0.1, -0.05) is 12.1 Å². The average Bonchev–Trinajstić information content (AvgIpc) is 2.73. The van der Waals surface area contributed by atoms with E-state index in [2.05, 4.69) is 10.5 Å². The molecule has 11 heteroatoms. The molecule has 0 unspecified atom stereocenters. The zero-order valence-electron chi connectivity index (χ0n) is 18.0. The SMILES string of the molecule is COc1ccc(OC)c(N(CC(=O)N/N=C\c2cccc(OC3CSC3)c2)S(C)(=O)=O)c1. The van der Waals surface area contributed by atoms with Crippen LogP contribution in [0.4, 0.5) is 5.69 Å². The van der Waals surface area contributed by atoms with Crippen LogP contribution in [0.3, 0.4) is 0 Å². The molecule has 0 spiro atoms. The van der Waals surface area contributed by atoms with Gasteiger partial charge in [0, 0.05) is 17.6 Å². The van der Waals surface area contributed by atoms with Crippen molar-refractivity contribution in [3.8, 4) is 17.2 Å². The number of amides is 1. The molecular weight excluding hydrogens is 454 g/mol. The first kappa shape index (κ1) is 23.7. The summed E-state index contributed by atoms with van der Waals surface area (Å²) in [4.78, 5) is 12.4. The molecule has 3 rings (SSSR count). The van der Waals surface area contributed by atoms with E-state index in [1.165, 1.54) is 26.5 Å². The number of nitrogens with one attached hydrogen (secondary N) is 1. The standard InChI is InChI=1S/C21H25N3O6S2/c1-28-16-7-8-20(29-2)19(10-16)24(32(3,26)27)12-21(25)23-22-11-15-5-4-6-17(9-15)30-18-13-31-14-18/h4-11,18H,12-14H2,1-3H3,(H,23,25)/b22-11-. The van der Waals surface area contributed by atoms with Gasteiger partial charge in [0.1, 0.15) is 29.9 Å². The highest BCUT2D eigenvalue weighted by molar-refractivity contribution is 8.00. The molecule has 32 heavy (non-hydrogen) atoms. The third-order valence-electron chi connectivity index (χ3n) is 4.51. The number of ether oxygens (including phenoxy) is 3. The first-order valence-corrected chi connectivity index (χ1v) is 12.7. The van der Waals surface area contributed by atoms with Gasteiger partial charge >= 0.3 is 0 Å². The highest BCUT2D eigenvalue weighted by Crippen LogP contribution is 2.33. The van der Waals surface area contributed by atoms with Gasteiger partial charge in [0.25, 0.3) is 5.91 Å². The molecule has 1 aliphatic rings. The van der Waals surface area contributed by atoms with E-state index in [9.17, 15) is 13.2 Å². The molecule has 2 aromatic rings. The van der Waals surface area contributed by atoms with Gasteiger partial charge in [-0.2, -0.15) is 16.9 Å². The van der Waals surface area contributed by atoms with Crippen LogP contribution in [0.25, 0.3) is 0 Å². The van der Waals surface area contributed by atoms with Gasteiger partial charge in [0.05, 0.1) is 32.4 Å². The number of hydrogen-bond acceptors (Lipinski definition) is 8. The van der Waals surface area contributed by atoms with Gasteiger partial charge in [-0.3, -0.25) is 9.10 Å². The van der Waals surface area contributed by atoms with Gasteiger partial charge in [-0.15, -0.1) is 0 Å². The summed E-state index contributed by atoms with van der Waals surface area (Å²) in [7, 11) is -0.919. The zero-order chi connectivity index (χ0) is 23.1. The predicted molar refractivity (Wildman–Crippen MR) is 126 cm³/mol. The summed E-state index contributed by atoms with van der Waals surface area (Å²) in [6.07, 6.45) is 2.70. The second-order valence-corrected chi connectivity index (χ2v) is 9.93. The number of hydrogen-bond donors (Lipinski definition) is 1. The van der Waals surface area contributed by atoms with Gasteiger partial charge < -0.3 is 14.2 Å². The van der Waals surface area contributed by atoms with E-state index in [0.29, 0.717) is 5.75 Å². The number of thioether (sulfide) groups is 1. The molecule has 1 saturated heterocycles. The van der Waals surface area contributed by atoms with Crippen LogP contribution in [0.5, 0.6) is 17.2 Å². The van der Waals surface area contributed by atoms with Crippen molar-refractivity contribution in [1.82, 2.24) is 5.43 Å². The Balaban J connectivity index is 1.68. The Hall–Kier alpha value is -2.92. The summed E-state index contributed by atoms with van der Waals surface area (Å²) in [5.41, 5.74) is 3.29. The van der Waals surface area contributed by atoms with Crippen molar-refractivity contribution in [1.29, 1.82) is 0 Å². The fraction of sp³-hybridized carbons (Fsp3) is 0.333. The Kier molecular flexibility index (Phi) is 7.86. The van der Waals surface area contributed by atoms with Crippen molar-refractivity contribution in [3.05, 3.63) is 48.0 Å². The Morgan fingerprint density at radius 1 is 1.19 bits per heavy atom. The van der Waals surface area contributed by atoms with Crippen LogP contribution >= 0.6 is 11.8 Å². The van der Waals surface area contributed by atoms with E-state index >= 15 is 0 Å². The summed E-state index contributed by atoms with van der Waals surface area (Å²) in [5, 5.41) is 3.94. The van der Waals surface area contributed by atoms with E-state index < -0.39 is 22.5 Å². The minimum atomic E-state index is -3.80. The quantitative estimate of drug-likeness (QED) is 0.411. The smallest absolute Gasteiger partial charge is 0.260 e. The van der Waals surface area contributed by atoms with E-state index in [1.54, 1.807) is 12.1 Å². The zero-order valence-corrected chi connectivity index (χ0v) is 19.6. The van der Waals surface area contributed by atoms with Crippen LogP contribution in [0.2, 0.25) is 0 Å². The molecule has 0 aliphatic carbocycles. The predicted octanol–water partition coefficient (Wildman–Crippen LogP) is 2.11. The number of nitrogens with zero attached hydrogens (tertiary/aromatic N) is 2. The number of sulfonamides is 1. The normalized spacial score (nSPS) is 14.0. The molecule has 0 saturated carbocycles. The Morgan fingerprint density at radius 3 is 2.59 bits per heavy atom. The van der Waals surface area contributed by atoms with Crippen molar-refractivity contribution in [2.45, 2.75) is 6.10 Å². The number of carbonyl (C=O) groups is 1. The van der Waals surface area contributed by atoms with Crippen LogP contribution in [0, 0.1) is 0 Å². The number of benzene rings is 2. The summed E-state index contributed by atoms with van der Waals surface area (Å²) >= 11 is 1.83. The first-order valence-electron chi connectivity index (χ1n) is 9.66. The number of hydrazone groups is 1. The molecule has 1 aliphatic heterocycles. The number of carbonyl (C=O) groups excluding carboxylic acids is 1. The van der Waals surface area contributed by atoms with Crippen molar-refractivity contribution < 1.29 is 27.4 Å². The molecule has 172 valence electrons. The maximum atomic E-state index is 12.4. The van der Waals surface area contributed by atoms with E-state index in [-0.39, 0.29) is 17.5 Å². The van der Waals surface area contributed by atoms with Crippen molar-refractivity contribution in [2.75, 3.05) is 42.8 Å². The van der Waals surface area contributed by atoms with E-state index in [0.717, 1.165) is 33.4 Å². The topological polar surface area (TPSA) is 107 Å². The average molecular weight is 480 g/mol. The minimum absolute atomic E-state index is 0.187. The third kappa shape index (κ3) is 6.30. The molecule has 0 bridgehead atoms. The lowest BCUT2D eigenvalue weighted by Crippen LogP contribution is -2.39. The fourth-order valence-corrected chi connectivity index (χ4v) is 4.28. The minimum Gasteiger partial charge on any atom is -0.497 e. The number of rotatable bonds is 10. The second-order valence-electron chi connectivity index (χ2n) is 6.95. The summed E-state index contributed by atoms with van der Waals surface area (Å²) < 4.78 is 42.0. The Morgan fingerprint density at radius 2 is 1.97 bits per heavy atom. The molecule has 1 heterocycles. The lowest BCUT2D eigenvalue weighted by atomic mass is 10.2. The van der Waals surface area contributed by atoms with Crippen molar-refractivity contribution in [3.63, 3.8) is 0 Å². The monoisotopic (exact) mass is 479 g/mol. The summed E-state index contributed by atoms with van der Waals surface area (Å²) in [6.45, 7) is -0.484. The maximum absolute atomic E-state index is 12.4.